The Hall–Kier alpha value is -1.66. The number of amides is 2. The summed E-state index contributed by atoms with van der Waals surface area (Å²) in [6, 6.07) is 0. The molecule has 0 aromatic carbocycles. The average Bonchev–Trinajstić information content (AvgIpc) is 2.62. The Balaban J connectivity index is -0.000000183. The molecule has 0 atom stereocenters. The molecule has 0 aromatic heterocycles. The van der Waals surface area contributed by atoms with Gasteiger partial charge < -0.3 is 20.1 Å². The summed E-state index contributed by atoms with van der Waals surface area (Å²) in [4.78, 5) is 21.4. The van der Waals surface area contributed by atoms with Crippen molar-refractivity contribution in [3.63, 3.8) is 0 Å². The van der Waals surface area contributed by atoms with E-state index in [0.717, 1.165) is 12.8 Å². The van der Waals surface area contributed by atoms with Gasteiger partial charge in [-0.15, -0.1) is 0 Å². The number of ether oxygens (including phenoxy) is 2. The van der Waals surface area contributed by atoms with Crippen LogP contribution in [0.2, 0.25) is 0 Å². The standard InChI is InChI=1S/C10H19NO2.C9H17NO2.C2H6.H2/c1-5-9(12)11-8-7-10(3,4)13-6-2;1-4-9(11)10-6-5-7-12-8(2)3;1-2;/h5H,1,6-8H2,2-4H3,(H,11,12);4,8H,1,5-7H2,2-3H3,(H,10,11);1-2H3;1H. The maximum Gasteiger partial charge on any atom is 0.243 e. The van der Waals surface area contributed by atoms with Crippen LogP contribution in [0.15, 0.2) is 25.3 Å². The molecule has 0 aliphatic heterocycles. The molecule has 0 aliphatic rings. The molecule has 0 rings (SSSR count). The first-order chi connectivity index (χ1) is 12.7. The number of rotatable bonds is 12. The molecule has 6 heteroatoms. The second-order valence-corrected chi connectivity index (χ2v) is 6.21. The van der Waals surface area contributed by atoms with Crippen LogP contribution in [-0.2, 0) is 19.1 Å². The number of hydrogen-bond acceptors (Lipinski definition) is 4. The maximum atomic E-state index is 10.8. The maximum absolute atomic E-state index is 10.8. The highest BCUT2D eigenvalue weighted by molar-refractivity contribution is 5.87. The lowest BCUT2D eigenvalue weighted by molar-refractivity contribution is -0.117. The van der Waals surface area contributed by atoms with Crippen LogP contribution in [0.3, 0.4) is 0 Å². The van der Waals surface area contributed by atoms with Crippen LogP contribution in [-0.4, -0.2) is 49.8 Å². The zero-order valence-electron chi connectivity index (χ0n) is 18.5. The van der Waals surface area contributed by atoms with Crippen LogP contribution >= 0.6 is 0 Å². The van der Waals surface area contributed by atoms with Gasteiger partial charge in [0.25, 0.3) is 0 Å². The predicted molar refractivity (Wildman–Crippen MR) is 116 cm³/mol. The van der Waals surface area contributed by atoms with Gasteiger partial charge in [0.05, 0.1) is 11.7 Å². The Labute approximate surface area is 168 Å². The molecule has 0 aromatic rings. The third kappa shape index (κ3) is 26.7. The molecule has 0 bridgehead atoms. The van der Waals surface area contributed by atoms with Crippen LogP contribution in [0.4, 0.5) is 0 Å². The summed E-state index contributed by atoms with van der Waals surface area (Å²) >= 11 is 0. The molecule has 0 radical (unpaired) electrons. The Morgan fingerprint density at radius 1 is 1.07 bits per heavy atom. The number of nitrogens with one attached hydrogen (secondary N) is 2. The molecule has 0 saturated carbocycles. The van der Waals surface area contributed by atoms with E-state index in [0.29, 0.717) is 26.3 Å². The van der Waals surface area contributed by atoms with Gasteiger partial charge in [-0.25, -0.2) is 0 Å². The normalized spacial score (nSPS) is 9.93. The van der Waals surface area contributed by atoms with E-state index in [1.54, 1.807) is 0 Å². The molecular formula is C21H44N2O4. The third-order valence-electron chi connectivity index (χ3n) is 3.00. The van der Waals surface area contributed by atoms with E-state index in [2.05, 4.69) is 23.8 Å². The van der Waals surface area contributed by atoms with Gasteiger partial charge in [0.2, 0.25) is 11.8 Å². The lowest BCUT2D eigenvalue weighted by Gasteiger charge is -2.24. The fourth-order valence-electron chi connectivity index (χ4n) is 1.70. The van der Waals surface area contributed by atoms with Gasteiger partial charge in [-0.3, -0.25) is 9.59 Å². The number of carbonyl (C=O) groups is 2. The van der Waals surface area contributed by atoms with E-state index >= 15 is 0 Å². The van der Waals surface area contributed by atoms with Crippen LogP contribution in [0.25, 0.3) is 0 Å². The first-order valence-electron chi connectivity index (χ1n) is 9.74. The molecular weight excluding hydrogens is 344 g/mol. The quantitative estimate of drug-likeness (QED) is 0.393. The van der Waals surface area contributed by atoms with Crippen LogP contribution in [0.5, 0.6) is 0 Å². The zero-order valence-corrected chi connectivity index (χ0v) is 18.5. The number of carbonyl (C=O) groups excluding carboxylic acids is 2. The summed E-state index contributed by atoms with van der Waals surface area (Å²) < 4.78 is 10.7. The fourth-order valence-corrected chi connectivity index (χ4v) is 1.70. The van der Waals surface area contributed by atoms with Gasteiger partial charge in [-0.05, 0) is 59.6 Å². The van der Waals surface area contributed by atoms with Crippen LogP contribution in [0, 0.1) is 0 Å². The molecule has 0 aliphatic carbocycles. The van der Waals surface area contributed by atoms with Crippen molar-refractivity contribution in [1.82, 2.24) is 10.6 Å². The predicted octanol–water partition coefficient (Wildman–Crippen LogP) is 3.87. The van der Waals surface area contributed by atoms with E-state index in [1.807, 2.05) is 48.5 Å². The summed E-state index contributed by atoms with van der Waals surface area (Å²) in [5.41, 5.74) is -0.163. The molecule has 0 fully saturated rings. The highest BCUT2D eigenvalue weighted by Gasteiger charge is 2.16. The van der Waals surface area contributed by atoms with Crippen LogP contribution < -0.4 is 10.6 Å². The van der Waals surface area contributed by atoms with E-state index in [4.69, 9.17) is 9.47 Å². The molecule has 2 N–H and O–H groups in total. The minimum Gasteiger partial charge on any atom is -0.379 e. The van der Waals surface area contributed by atoms with Crippen molar-refractivity contribution in [2.24, 2.45) is 0 Å². The summed E-state index contributed by atoms with van der Waals surface area (Å²) in [5, 5.41) is 5.38. The first-order valence-corrected chi connectivity index (χ1v) is 9.74. The summed E-state index contributed by atoms with van der Waals surface area (Å²) in [7, 11) is 0. The Morgan fingerprint density at radius 3 is 1.96 bits per heavy atom. The minimum atomic E-state index is -0.163. The Kier molecular flexibility index (Phi) is 23.0. The largest absolute Gasteiger partial charge is 0.379 e. The van der Waals surface area contributed by atoms with Crippen LogP contribution in [0.1, 0.15) is 62.7 Å². The minimum absolute atomic E-state index is 0. The van der Waals surface area contributed by atoms with Crippen molar-refractivity contribution in [2.45, 2.75) is 73.0 Å². The SMILES string of the molecule is C=CC(=O)NCCC(C)(C)OCC.C=CC(=O)NCCCOC(C)C.CC.[HH]. The first kappa shape index (κ1) is 30.1. The Bertz CT molecular complexity index is 400. The lowest BCUT2D eigenvalue weighted by Crippen LogP contribution is -2.32. The van der Waals surface area contributed by atoms with Crippen molar-refractivity contribution in [3.05, 3.63) is 25.3 Å². The van der Waals surface area contributed by atoms with Crippen molar-refractivity contribution >= 4 is 11.8 Å². The lowest BCUT2D eigenvalue weighted by atomic mass is 10.1. The molecule has 6 nitrogen and oxygen atoms in total. The third-order valence-corrected chi connectivity index (χ3v) is 3.00. The Morgan fingerprint density at radius 2 is 1.56 bits per heavy atom. The summed E-state index contributed by atoms with van der Waals surface area (Å²) in [6.45, 7) is 23.3. The summed E-state index contributed by atoms with van der Waals surface area (Å²) in [6.07, 6.45) is 4.45. The average molecular weight is 389 g/mol. The van der Waals surface area contributed by atoms with Gasteiger partial charge >= 0.3 is 0 Å². The molecule has 0 saturated heterocycles. The van der Waals surface area contributed by atoms with E-state index in [1.165, 1.54) is 12.2 Å². The van der Waals surface area contributed by atoms with Crippen molar-refractivity contribution < 1.29 is 20.5 Å². The smallest absolute Gasteiger partial charge is 0.243 e. The van der Waals surface area contributed by atoms with Gasteiger partial charge in [-0.1, -0.05) is 27.0 Å². The van der Waals surface area contributed by atoms with Gasteiger partial charge in [0.1, 0.15) is 0 Å². The van der Waals surface area contributed by atoms with Crippen molar-refractivity contribution in [3.8, 4) is 0 Å². The molecule has 0 heterocycles. The van der Waals surface area contributed by atoms with Crippen molar-refractivity contribution in [2.75, 3.05) is 26.3 Å². The molecule has 0 unspecified atom stereocenters. The van der Waals surface area contributed by atoms with E-state index in [9.17, 15) is 9.59 Å². The highest BCUT2D eigenvalue weighted by atomic mass is 16.5. The monoisotopic (exact) mass is 388 g/mol. The van der Waals surface area contributed by atoms with Gasteiger partial charge in [0.15, 0.2) is 0 Å². The van der Waals surface area contributed by atoms with E-state index < -0.39 is 0 Å². The topological polar surface area (TPSA) is 76.7 Å². The van der Waals surface area contributed by atoms with E-state index in [-0.39, 0.29) is 24.9 Å². The second-order valence-electron chi connectivity index (χ2n) is 6.21. The highest BCUT2D eigenvalue weighted by Crippen LogP contribution is 2.12. The molecule has 27 heavy (non-hydrogen) atoms. The fraction of sp³-hybridized carbons (Fsp3) is 0.714. The van der Waals surface area contributed by atoms with Gasteiger partial charge in [0, 0.05) is 27.7 Å². The number of hydrogen-bond donors (Lipinski definition) is 2. The molecule has 162 valence electrons. The molecule has 2 amide bonds. The van der Waals surface area contributed by atoms with Crippen molar-refractivity contribution in [1.29, 1.82) is 0 Å². The second kappa shape index (κ2) is 20.6. The van der Waals surface area contributed by atoms with Gasteiger partial charge in [-0.2, -0.15) is 0 Å². The summed E-state index contributed by atoms with van der Waals surface area (Å²) in [5.74, 6) is -0.258. The molecule has 0 spiro atoms. The zero-order chi connectivity index (χ0) is 21.7.